The second-order valence-electron chi connectivity index (χ2n) is 7.78. The monoisotopic (exact) mass is 416 g/mol. The summed E-state index contributed by atoms with van der Waals surface area (Å²) in [6, 6.07) is 10.4. The number of benzene rings is 2. The first-order valence-corrected chi connectivity index (χ1v) is 11.8. The third kappa shape index (κ3) is 5.38. The first-order valence-electron chi connectivity index (χ1n) is 9.92. The highest BCUT2D eigenvalue weighted by atomic mass is 32.2. The fraction of sp³-hybridized carbons (Fsp3) is 0.435. The molecule has 29 heavy (non-hydrogen) atoms. The minimum atomic E-state index is -3.63. The Balaban J connectivity index is 2.28. The van der Waals surface area contributed by atoms with Crippen LogP contribution in [0.4, 0.5) is 5.69 Å². The van der Waals surface area contributed by atoms with Gasteiger partial charge in [-0.05, 0) is 81.0 Å². The first-order chi connectivity index (χ1) is 13.5. The van der Waals surface area contributed by atoms with E-state index in [0.717, 1.165) is 34.9 Å². The highest BCUT2D eigenvalue weighted by Crippen LogP contribution is 2.24. The van der Waals surface area contributed by atoms with Crippen LogP contribution in [0.25, 0.3) is 0 Å². The molecular formula is C23H32N2O3S. The van der Waals surface area contributed by atoms with Gasteiger partial charge >= 0.3 is 0 Å². The van der Waals surface area contributed by atoms with Crippen LogP contribution in [0.2, 0.25) is 0 Å². The van der Waals surface area contributed by atoms with Crippen molar-refractivity contribution >= 4 is 21.6 Å². The van der Waals surface area contributed by atoms with Gasteiger partial charge in [-0.25, -0.2) is 8.42 Å². The summed E-state index contributed by atoms with van der Waals surface area (Å²) in [4.78, 5) is 13.0. The van der Waals surface area contributed by atoms with E-state index in [0.29, 0.717) is 5.69 Å². The Kier molecular flexibility index (Phi) is 7.11. The van der Waals surface area contributed by atoms with Gasteiger partial charge in [0, 0.05) is 0 Å². The molecule has 0 heterocycles. The van der Waals surface area contributed by atoms with Crippen molar-refractivity contribution in [3.63, 3.8) is 0 Å². The van der Waals surface area contributed by atoms with Crippen molar-refractivity contribution in [1.82, 2.24) is 5.32 Å². The van der Waals surface area contributed by atoms with Crippen molar-refractivity contribution < 1.29 is 13.2 Å². The van der Waals surface area contributed by atoms with Gasteiger partial charge in [-0.1, -0.05) is 31.2 Å². The van der Waals surface area contributed by atoms with Crippen LogP contribution < -0.4 is 9.62 Å². The molecule has 2 aromatic rings. The molecule has 158 valence electrons. The number of aryl methyl sites for hydroxylation is 4. The van der Waals surface area contributed by atoms with E-state index in [4.69, 9.17) is 0 Å². The number of nitrogens with one attached hydrogen (secondary N) is 1. The van der Waals surface area contributed by atoms with Crippen LogP contribution in [0.3, 0.4) is 0 Å². The zero-order valence-electron chi connectivity index (χ0n) is 18.4. The number of sulfonamides is 1. The van der Waals surface area contributed by atoms with Gasteiger partial charge in [-0.2, -0.15) is 0 Å². The average molecular weight is 417 g/mol. The second-order valence-corrected chi connectivity index (χ2v) is 9.64. The average Bonchev–Trinajstić information content (AvgIpc) is 2.64. The third-order valence-corrected chi connectivity index (χ3v) is 6.64. The Morgan fingerprint density at radius 2 is 1.55 bits per heavy atom. The zero-order valence-corrected chi connectivity index (χ0v) is 19.2. The highest BCUT2D eigenvalue weighted by molar-refractivity contribution is 7.92. The maximum atomic E-state index is 13.0. The predicted octanol–water partition coefficient (Wildman–Crippen LogP) is 4.21. The first kappa shape index (κ1) is 22.9. The largest absolute Gasteiger partial charge is 0.348 e. The number of nitrogens with zero attached hydrogens (tertiary/aromatic N) is 1. The maximum absolute atomic E-state index is 13.0. The summed E-state index contributed by atoms with van der Waals surface area (Å²) in [5.74, 6) is -0.333. The summed E-state index contributed by atoms with van der Waals surface area (Å²) < 4.78 is 26.1. The Bertz CT molecular complexity index is 982. The van der Waals surface area contributed by atoms with Crippen LogP contribution in [0.15, 0.2) is 36.4 Å². The van der Waals surface area contributed by atoms with E-state index in [1.165, 1.54) is 9.87 Å². The van der Waals surface area contributed by atoms with Gasteiger partial charge in [0.25, 0.3) is 0 Å². The van der Waals surface area contributed by atoms with Gasteiger partial charge < -0.3 is 5.32 Å². The molecule has 2 rings (SSSR count). The van der Waals surface area contributed by atoms with Crippen molar-refractivity contribution in [3.05, 3.63) is 64.2 Å². The van der Waals surface area contributed by atoms with Gasteiger partial charge in [-0.15, -0.1) is 0 Å². The molecular weight excluding hydrogens is 384 g/mol. The zero-order chi connectivity index (χ0) is 21.9. The molecule has 1 amide bonds. The number of hydrogen-bond donors (Lipinski definition) is 1. The van der Waals surface area contributed by atoms with Crippen molar-refractivity contribution in [2.75, 3.05) is 10.6 Å². The SMILES string of the molecule is CCc1ccc(N([C@H](C)C(=O)N[C@@H](C)c2cc(C)c(C)cc2C)S(C)(=O)=O)cc1. The number of rotatable bonds is 7. The number of carbonyl (C=O) groups excluding carboxylic acids is 1. The lowest BCUT2D eigenvalue weighted by Crippen LogP contribution is -2.48. The van der Waals surface area contributed by atoms with Crippen LogP contribution in [0, 0.1) is 20.8 Å². The lowest BCUT2D eigenvalue weighted by molar-refractivity contribution is -0.122. The molecule has 0 aromatic heterocycles. The fourth-order valence-electron chi connectivity index (χ4n) is 3.55. The van der Waals surface area contributed by atoms with Crippen LogP contribution in [-0.4, -0.2) is 26.6 Å². The minimum absolute atomic E-state index is 0.229. The van der Waals surface area contributed by atoms with Crippen LogP contribution in [0.5, 0.6) is 0 Å². The Hall–Kier alpha value is -2.34. The van der Waals surface area contributed by atoms with Crippen molar-refractivity contribution in [3.8, 4) is 0 Å². The number of anilines is 1. The van der Waals surface area contributed by atoms with E-state index in [1.807, 2.05) is 39.8 Å². The standard InChI is InChI=1S/C23H32N2O3S/c1-8-20-9-11-21(12-10-20)25(29(7,27)28)19(6)23(26)24-18(5)22-14-16(3)15(2)13-17(22)4/h9-14,18-19H,8H2,1-7H3,(H,24,26)/t18-,19+/m0/s1. The molecule has 0 bridgehead atoms. The molecule has 0 radical (unpaired) electrons. The molecule has 5 nitrogen and oxygen atoms in total. The maximum Gasteiger partial charge on any atom is 0.244 e. The van der Waals surface area contributed by atoms with Gasteiger partial charge in [0.1, 0.15) is 6.04 Å². The molecule has 0 saturated carbocycles. The Morgan fingerprint density at radius 3 is 2.07 bits per heavy atom. The molecule has 0 aliphatic heterocycles. The van der Waals surface area contributed by atoms with Crippen molar-refractivity contribution in [1.29, 1.82) is 0 Å². The summed E-state index contributed by atoms with van der Waals surface area (Å²) in [6.45, 7) is 11.7. The normalized spacial score (nSPS) is 13.6. The smallest absolute Gasteiger partial charge is 0.244 e. The Morgan fingerprint density at radius 1 is 1.00 bits per heavy atom. The number of carbonyl (C=O) groups is 1. The quantitative estimate of drug-likeness (QED) is 0.735. The number of hydrogen-bond acceptors (Lipinski definition) is 3. The van der Waals surface area contributed by atoms with Gasteiger partial charge in [0.05, 0.1) is 18.0 Å². The van der Waals surface area contributed by atoms with E-state index in [-0.39, 0.29) is 11.9 Å². The molecule has 0 saturated heterocycles. The lowest BCUT2D eigenvalue weighted by Gasteiger charge is -2.29. The fourth-order valence-corrected chi connectivity index (χ4v) is 4.72. The van der Waals surface area contributed by atoms with Gasteiger partial charge in [0.2, 0.25) is 15.9 Å². The van der Waals surface area contributed by atoms with Crippen LogP contribution in [0.1, 0.15) is 54.6 Å². The van der Waals surface area contributed by atoms with Gasteiger partial charge in [-0.3, -0.25) is 9.10 Å². The van der Waals surface area contributed by atoms with E-state index in [2.05, 4.69) is 24.4 Å². The van der Waals surface area contributed by atoms with Crippen LogP contribution in [-0.2, 0) is 21.2 Å². The molecule has 0 spiro atoms. The summed E-state index contributed by atoms with van der Waals surface area (Å²) in [7, 11) is -3.63. The molecule has 0 aliphatic rings. The van der Waals surface area contributed by atoms with E-state index in [9.17, 15) is 13.2 Å². The highest BCUT2D eigenvalue weighted by Gasteiger charge is 2.30. The lowest BCUT2D eigenvalue weighted by atomic mass is 9.96. The molecule has 0 aliphatic carbocycles. The summed E-state index contributed by atoms with van der Waals surface area (Å²) >= 11 is 0. The Labute approximate surface area is 175 Å². The second kappa shape index (κ2) is 8.99. The molecule has 2 atom stereocenters. The van der Waals surface area contributed by atoms with E-state index in [1.54, 1.807) is 19.1 Å². The van der Waals surface area contributed by atoms with Crippen molar-refractivity contribution in [2.45, 2.75) is 60.0 Å². The van der Waals surface area contributed by atoms with E-state index < -0.39 is 16.1 Å². The predicted molar refractivity (Wildman–Crippen MR) is 120 cm³/mol. The summed E-state index contributed by atoms with van der Waals surface area (Å²) in [5.41, 5.74) is 6.10. The molecule has 0 unspecified atom stereocenters. The summed E-state index contributed by atoms with van der Waals surface area (Å²) in [5, 5.41) is 2.98. The number of amides is 1. The van der Waals surface area contributed by atoms with E-state index >= 15 is 0 Å². The molecule has 6 heteroatoms. The molecule has 1 N–H and O–H groups in total. The third-order valence-electron chi connectivity index (χ3n) is 5.40. The minimum Gasteiger partial charge on any atom is -0.348 e. The molecule has 0 fully saturated rings. The van der Waals surface area contributed by atoms with Crippen molar-refractivity contribution in [2.24, 2.45) is 0 Å². The topological polar surface area (TPSA) is 66.5 Å². The van der Waals surface area contributed by atoms with Gasteiger partial charge in [0.15, 0.2) is 0 Å². The summed E-state index contributed by atoms with van der Waals surface area (Å²) in [6.07, 6.45) is 1.99. The molecule has 2 aromatic carbocycles. The van der Waals surface area contributed by atoms with Crippen LogP contribution >= 0.6 is 0 Å².